The molecule has 1 N–H and O–H groups in total. The zero-order valence-electron chi connectivity index (χ0n) is 9.57. The van der Waals surface area contributed by atoms with Gasteiger partial charge in [0.05, 0.1) is 12.7 Å². The number of hydrogen-bond donors (Lipinski definition) is 1. The van der Waals surface area contributed by atoms with Crippen molar-refractivity contribution in [2.45, 2.75) is 26.4 Å². The van der Waals surface area contributed by atoms with Crippen LogP contribution in [0.5, 0.6) is 0 Å². The zero-order valence-corrected chi connectivity index (χ0v) is 9.57. The summed E-state index contributed by atoms with van der Waals surface area (Å²) in [5.74, 6) is 1.52. The molecule has 3 unspecified atom stereocenters. The van der Waals surface area contributed by atoms with Gasteiger partial charge in [-0.25, -0.2) is 0 Å². The van der Waals surface area contributed by atoms with Gasteiger partial charge < -0.3 is 14.7 Å². The lowest BCUT2D eigenvalue weighted by Crippen LogP contribution is -2.43. The summed E-state index contributed by atoms with van der Waals surface area (Å²) in [6.45, 7) is 7.99. The largest absolute Gasteiger partial charge is 0.389 e. The number of β-amino-alcohol motifs (C(OH)–C–C–N with tert-alkyl or cyclic N) is 1. The van der Waals surface area contributed by atoms with Gasteiger partial charge in [0.1, 0.15) is 0 Å². The summed E-state index contributed by atoms with van der Waals surface area (Å²) in [6, 6.07) is 0. The lowest BCUT2D eigenvalue weighted by molar-refractivity contribution is 0.0210. The van der Waals surface area contributed by atoms with E-state index in [1.165, 1.54) is 6.42 Å². The quantitative estimate of drug-likeness (QED) is 0.735. The Labute approximate surface area is 87.1 Å². The third kappa shape index (κ3) is 3.95. The molecule has 1 fully saturated rings. The molecular weight excluding hydrogens is 178 g/mol. The molecule has 0 aromatic rings. The van der Waals surface area contributed by atoms with E-state index in [9.17, 15) is 5.11 Å². The van der Waals surface area contributed by atoms with Crippen LogP contribution in [0.25, 0.3) is 0 Å². The van der Waals surface area contributed by atoms with Crippen molar-refractivity contribution in [3.05, 3.63) is 0 Å². The lowest BCUT2D eigenvalue weighted by Gasteiger charge is -2.35. The molecule has 1 aliphatic heterocycles. The molecule has 3 nitrogen and oxygen atoms in total. The summed E-state index contributed by atoms with van der Waals surface area (Å²) in [5, 5.41) is 9.61. The molecule has 1 aliphatic rings. The van der Waals surface area contributed by atoms with Gasteiger partial charge in [-0.05, 0) is 18.3 Å². The Balaban J connectivity index is 2.29. The van der Waals surface area contributed by atoms with Crippen LogP contribution in [0, 0.1) is 11.8 Å². The first-order valence-electron chi connectivity index (χ1n) is 5.51. The topological polar surface area (TPSA) is 32.7 Å². The van der Waals surface area contributed by atoms with Gasteiger partial charge in [0.2, 0.25) is 0 Å². The Hall–Kier alpha value is -0.120. The number of piperidine rings is 1. The number of nitrogens with zero attached hydrogens (tertiary/aromatic N) is 1. The van der Waals surface area contributed by atoms with Gasteiger partial charge in [0.25, 0.3) is 0 Å². The molecule has 0 saturated carbocycles. The van der Waals surface area contributed by atoms with E-state index in [0.29, 0.717) is 6.61 Å². The highest BCUT2D eigenvalue weighted by Crippen LogP contribution is 2.20. The molecule has 3 heteroatoms. The van der Waals surface area contributed by atoms with Crippen LogP contribution in [-0.2, 0) is 4.74 Å². The van der Waals surface area contributed by atoms with E-state index in [0.717, 1.165) is 31.5 Å². The SMILES string of the molecule is COCC(O)CN1CC(C)CC(C)C1. The van der Waals surface area contributed by atoms with Crippen LogP contribution in [0.4, 0.5) is 0 Å². The molecule has 1 saturated heterocycles. The summed E-state index contributed by atoms with van der Waals surface area (Å²) < 4.78 is 4.92. The molecule has 84 valence electrons. The Kier molecular flexibility index (Phi) is 4.85. The van der Waals surface area contributed by atoms with Gasteiger partial charge >= 0.3 is 0 Å². The van der Waals surface area contributed by atoms with Crippen LogP contribution in [0.15, 0.2) is 0 Å². The van der Waals surface area contributed by atoms with Crippen molar-refractivity contribution in [3.8, 4) is 0 Å². The van der Waals surface area contributed by atoms with Crippen molar-refractivity contribution < 1.29 is 9.84 Å². The number of methoxy groups -OCH3 is 1. The Morgan fingerprint density at radius 2 is 1.93 bits per heavy atom. The molecule has 0 amide bonds. The molecule has 1 rings (SSSR count). The van der Waals surface area contributed by atoms with Gasteiger partial charge in [-0.1, -0.05) is 13.8 Å². The second-order valence-electron chi connectivity index (χ2n) is 4.77. The van der Waals surface area contributed by atoms with Gasteiger partial charge in [-0.3, -0.25) is 0 Å². The fourth-order valence-corrected chi connectivity index (χ4v) is 2.48. The van der Waals surface area contributed by atoms with Crippen LogP contribution < -0.4 is 0 Å². The standard InChI is InChI=1S/C11H23NO2/c1-9-4-10(2)6-12(5-9)7-11(13)8-14-3/h9-11,13H,4-8H2,1-3H3. The van der Waals surface area contributed by atoms with E-state index in [4.69, 9.17) is 4.74 Å². The molecular formula is C11H23NO2. The normalized spacial score (nSPS) is 31.7. The smallest absolute Gasteiger partial charge is 0.0900 e. The molecule has 0 aromatic carbocycles. The predicted octanol–water partition coefficient (Wildman–Crippen LogP) is 0.972. The molecule has 0 radical (unpaired) electrons. The summed E-state index contributed by atoms with van der Waals surface area (Å²) in [6.07, 6.45) is 0.981. The minimum atomic E-state index is -0.336. The molecule has 0 spiro atoms. The molecule has 0 aromatic heterocycles. The average Bonchev–Trinajstić information content (AvgIpc) is 2.01. The number of likely N-dealkylation sites (tertiary alicyclic amines) is 1. The van der Waals surface area contributed by atoms with Crippen molar-refractivity contribution in [1.82, 2.24) is 4.90 Å². The zero-order chi connectivity index (χ0) is 10.6. The van der Waals surface area contributed by atoms with Crippen LogP contribution in [0.1, 0.15) is 20.3 Å². The fraction of sp³-hybridized carbons (Fsp3) is 1.00. The van der Waals surface area contributed by atoms with E-state index in [1.807, 2.05) is 0 Å². The van der Waals surface area contributed by atoms with Gasteiger partial charge in [0.15, 0.2) is 0 Å². The van der Waals surface area contributed by atoms with Crippen molar-refractivity contribution in [2.75, 3.05) is 33.4 Å². The second-order valence-corrected chi connectivity index (χ2v) is 4.77. The summed E-state index contributed by atoms with van der Waals surface area (Å²) in [4.78, 5) is 2.35. The number of aliphatic hydroxyl groups is 1. The molecule has 1 heterocycles. The Morgan fingerprint density at radius 3 is 2.43 bits per heavy atom. The number of hydrogen-bond acceptors (Lipinski definition) is 3. The van der Waals surface area contributed by atoms with Crippen molar-refractivity contribution >= 4 is 0 Å². The van der Waals surface area contributed by atoms with Crippen molar-refractivity contribution in [2.24, 2.45) is 11.8 Å². The number of aliphatic hydroxyl groups excluding tert-OH is 1. The third-order valence-electron chi connectivity index (χ3n) is 2.77. The van der Waals surface area contributed by atoms with Crippen LogP contribution in [0.2, 0.25) is 0 Å². The highest BCUT2D eigenvalue weighted by Gasteiger charge is 2.23. The molecule has 0 aliphatic carbocycles. The van der Waals surface area contributed by atoms with E-state index >= 15 is 0 Å². The monoisotopic (exact) mass is 201 g/mol. The Bertz CT molecular complexity index is 153. The molecule has 3 atom stereocenters. The number of rotatable bonds is 4. The maximum atomic E-state index is 9.61. The molecule has 0 bridgehead atoms. The highest BCUT2D eigenvalue weighted by molar-refractivity contribution is 4.76. The second kappa shape index (κ2) is 5.69. The van der Waals surface area contributed by atoms with Crippen molar-refractivity contribution in [3.63, 3.8) is 0 Å². The third-order valence-corrected chi connectivity index (χ3v) is 2.77. The summed E-state index contributed by atoms with van der Waals surface area (Å²) in [7, 11) is 1.63. The minimum absolute atomic E-state index is 0.336. The predicted molar refractivity (Wildman–Crippen MR) is 57.3 cm³/mol. The first-order valence-corrected chi connectivity index (χ1v) is 5.51. The van der Waals surface area contributed by atoms with Crippen LogP contribution >= 0.6 is 0 Å². The summed E-state index contributed by atoms with van der Waals surface area (Å²) in [5.41, 5.74) is 0. The van der Waals surface area contributed by atoms with Crippen LogP contribution in [-0.4, -0.2) is 49.5 Å². The van der Waals surface area contributed by atoms with E-state index in [1.54, 1.807) is 7.11 Å². The maximum absolute atomic E-state index is 9.61. The average molecular weight is 201 g/mol. The first kappa shape index (κ1) is 12.0. The molecule has 14 heavy (non-hydrogen) atoms. The minimum Gasteiger partial charge on any atom is -0.389 e. The van der Waals surface area contributed by atoms with Crippen molar-refractivity contribution in [1.29, 1.82) is 0 Å². The van der Waals surface area contributed by atoms with Gasteiger partial charge in [-0.2, -0.15) is 0 Å². The highest BCUT2D eigenvalue weighted by atomic mass is 16.5. The maximum Gasteiger partial charge on any atom is 0.0900 e. The Morgan fingerprint density at radius 1 is 1.36 bits per heavy atom. The number of ether oxygens (including phenoxy) is 1. The van der Waals surface area contributed by atoms with Crippen LogP contribution in [0.3, 0.4) is 0 Å². The summed E-state index contributed by atoms with van der Waals surface area (Å²) >= 11 is 0. The van der Waals surface area contributed by atoms with E-state index in [2.05, 4.69) is 18.7 Å². The van der Waals surface area contributed by atoms with Gasteiger partial charge in [-0.15, -0.1) is 0 Å². The fourth-order valence-electron chi connectivity index (χ4n) is 2.48. The van der Waals surface area contributed by atoms with E-state index in [-0.39, 0.29) is 6.10 Å². The van der Waals surface area contributed by atoms with E-state index < -0.39 is 0 Å². The lowest BCUT2D eigenvalue weighted by atomic mass is 9.92. The van der Waals surface area contributed by atoms with Gasteiger partial charge in [0, 0.05) is 26.7 Å². The first-order chi connectivity index (χ1) is 6.61.